The third-order valence-electron chi connectivity index (χ3n) is 7.10. The maximum Gasteiger partial charge on any atom is 0.407 e. The summed E-state index contributed by atoms with van der Waals surface area (Å²) in [7, 11) is 1.51. The average Bonchev–Trinajstić information content (AvgIpc) is 3.64. The Labute approximate surface area is 202 Å². The molecule has 1 aliphatic heterocycles. The van der Waals surface area contributed by atoms with Crippen LogP contribution in [-0.2, 0) is 19.1 Å². The highest BCUT2D eigenvalue weighted by atomic mass is 16.5. The van der Waals surface area contributed by atoms with Crippen LogP contribution < -0.4 is 5.32 Å². The smallest absolute Gasteiger partial charge is 0.407 e. The molecule has 1 heterocycles. The predicted octanol–water partition coefficient (Wildman–Crippen LogP) is 2.06. The molecule has 182 valence electrons. The van der Waals surface area contributed by atoms with Crippen molar-refractivity contribution in [3.8, 4) is 11.1 Å². The number of hydrogen-bond acceptors (Lipinski definition) is 5. The zero-order valence-corrected chi connectivity index (χ0v) is 19.3. The van der Waals surface area contributed by atoms with Crippen LogP contribution in [0.5, 0.6) is 0 Å². The summed E-state index contributed by atoms with van der Waals surface area (Å²) in [5.41, 5.74) is 4.39. The van der Waals surface area contributed by atoms with Crippen molar-refractivity contribution in [3.63, 3.8) is 0 Å². The van der Waals surface area contributed by atoms with E-state index in [4.69, 9.17) is 4.74 Å². The number of benzene rings is 2. The minimum Gasteiger partial charge on any atom is -0.480 e. The van der Waals surface area contributed by atoms with Crippen molar-refractivity contribution in [2.45, 2.75) is 30.8 Å². The molecular weight excluding hydrogens is 450 g/mol. The molecule has 1 saturated carbocycles. The second-order valence-corrected chi connectivity index (χ2v) is 9.38. The van der Waals surface area contributed by atoms with Gasteiger partial charge in [0.2, 0.25) is 11.8 Å². The number of carboxylic acid groups (broad SMARTS) is 1. The molecule has 0 bridgehead atoms. The van der Waals surface area contributed by atoms with Gasteiger partial charge in [-0.3, -0.25) is 9.59 Å². The fourth-order valence-electron chi connectivity index (χ4n) is 5.04. The zero-order chi connectivity index (χ0) is 24.7. The van der Waals surface area contributed by atoms with Crippen LogP contribution in [0.3, 0.4) is 0 Å². The summed E-state index contributed by atoms with van der Waals surface area (Å²) in [5, 5.41) is 12.3. The molecule has 0 radical (unpaired) electrons. The van der Waals surface area contributed by atoms with Crippen molar-refractivity contribution in [3.05, 3.63) is 59.7 Å². The molecule has 0 aromatic heterocycles. The van der Waals surface area contributed by atoms with Gasteiger partial charge >= 0.3 is 12.1 Å². The third-order valence-corrected chi connectivity index (χ3v) is 7.10. The number of hydrogen-bond donors (Lipinski definition) is 2. The second kappa shape index (κ2) is 9.05. The SMILES string of the molecule is CN1CC(C(=O)O)N(C(=O)C(NC(=O)OCC2c3ccccc3-c3ccccc32)C2CC2)CC1=O. The van der Waals surface area contributed by atoms with E-state index in [1.165, 1.54) is 11.9 Å². The molecule has 9 heteroatoms. The lowest BCUT2D eigenvalue weighted by Gasteiger charge is -2.38. The quantitative estimate of drug-likeness (QED) is 0.658. The molecule has 2 atom stereocenters. The first-order valence-electron chi connectivity index (χ1n) is 11.7. The van der Waals surface area contributed by atoms with Gasteiger partial charge in [0, 0.05) is 13.0 Å². The molecule has 3 aliphatic rings. The lowest BCUT2D eigenvalue weighted by atomic mass is 9.98. The van der Waals surface area contributed by atoms with Crippen LogP contribution in [0, 0.1) is 5.92 Å². The first kappa shape index (κ1) is 22.9. The number of alkyl carbamates (subject to hydrolysis) is 1. The van der Waals surface area contributed by atoms with Gasteiger partial charge in [-0.15, -0.1) is 0 Å². The predicted molar refractivity (Wildman–Crippen MR) is 125 cm³/mol. The maximum atomic E-state index is 13.3. The summed E-state index contributed by atoms with van der Waals surface area (Å²) >= 11 is 0. The van der Waals surface area contributed by atoms with Gasteiger partial charge in [-0.1, -0.05) is 48.5 Å². The Hall–Kier alpha value is -3.88. The van der Waals surface area contributed by atoms with Crippen LogP contribution in [-0.4, -0.2) is 77.6 Å². The Kier molecular flexibility index (Phi) is 5.92. The number of carbonyl (C=O) groups excluding carboxylic acids is 3. The van der Waals surface area contributed by atoms with Crippen LogP contribution in [0.2, 0.25) is 0 Å². The van der Waals surface area contributed by atoms with E-state index >= 15 is 0 Å². The molecule has 2 unspecified atom stereocenters. The largest absolute Gasteiger partial charge is 0.480 e. The van der Waals surface area contributed by atoms with Crippen molar-refractivity contribution in [1.29, 1.82) is 0 Å². The molecule has 2 aromatic rings. The van der Waals surface area contributed by atoms with Gasteiger partial charge in [0.1, 0.15) is 25.2 Å². The van der Waals surface area contributed by atoms with Crippen LogP contribution in [0.25, 0.3) is 11.1 Å². The van der Waals surface area contributed by atoms with Gasteiger partial charge < -0.3 is 25.0 Å². The van der Waals surface area contributed by atoms with Crippen LogP contribution in [0.1, 0.15) is 29.9 Å². The van der Waals surface area contributed by atoms with E-state index in [1.807, 2.05) is 48.5 Å². The van der Waals surface area contributed by atoms with Gasteiger partial charge in [0.25, 0.3) is 0 Å². The number of piperazine rings is 1. The number of likely N-dealkylation sites (N-methyl/N-ethyl adjacent to an activating group) is 1. The number of aliphatic carboxylic acids is 1. The second-order valence-electron chi connectivity index (χ2n) is 9.38. The fourth-order valence-corrected chi connectivity index (χ4v) is 5.04. The van der Waals surface area contributed by atoms with E-state index in [-0.39, 0.29) is 37.4 Å². The Morgan fingerprint density at radius 2 is 1.66 bits per heavy atom. The van der Waals surface area contributed by atoms with Gasteiger partial charge in [-0.05, 0) is 41.0 Å². The number of fused-ring (bicyclic) bond motifs is 3. The maximum absolute atomic E-state index is 13.3. The van der Waals surface area contributed by atoms with E-state index in [1.54, 1.807) is 0 Å². The number of carboxylic acids is 1. The lowest BCUT2D eigenvalue weighted by Crippen LogP contribution is -2.63. The molecule has 0 spiro atoms. The summed E-state index contributed by atoms with van der Waals surface area (Å²) in [6, 6.07) is 13.9. The Bertz CT molecular complexity index is 1150. The highest BCUT2D eigenvalue weighted by molar-refractivity contribution is 5.94. The number of nitrogens with zero attached hydrogens (tertiary/aromatic N) is 2. The number of carbonyl (C=O) groups is 4. The first-order chi connectivity index (χ1) is 16.8. The topological polar surface area (TPSA) is 116 Å². The van der Waals surface area contributed by atoms with E-state index in [9.17, 15) is 24.3 Å². The molecule has 9 nitrogen and oxygen atoms in total. The molecule has 2 aliphatic carbocycles. The number of rotatable bonds is 6. The first-order valence-corrected chi connectivity index (χ1v) is 11.7. The van der Waals surface area contributed by atoms with Crippen molar-refractivity contribution in [2.24, 2.45) is 5.92 Å². The summed E-state index contributed by atoms with van der Waals surface area (Å²) in [5.74, 6) is -2.31. The van der Waals surface area contributed by atoms with Gasteiger partial charge in [0.15, 0.2) is 0 Å². The van der Waals surface area contributed by atoms with E-state index < -0.39 is 30.1 Å². The minimum atomic E-state index is -1.19. The summed E-state index contributed by atoms with van der Waals surface area (Å²) in [4.78, 5) is 52.4. The van der Waals surface area contributed by atoms with Gasteiger partial charge in [-0.25, -0.2) is 9.59 Å². The van der Waals surface area contributed by atoms with Crippen LogP contribution in [0.4, 0.5) is 4.79 Å². The van der Waals surface area contributed by atoms with Crippen molar-refractivity contribution in [1.82, 2.24) is 15.1 Å². The molecule has 2 N–H and O–H groups in total. The third kappa shape index (κ3) is 4.34. The highest BCUT2D eigenvalue weighted by Gasteiger charge is 2.45. The molecule has 3 amide bonds. The monoisotopic (exact) mass is 477 g/mol. The van der Waals surface area contributed by atoms with E-state index in [0.717, 1.165) is 40.0 Å². The number of ether oxygens (including phenoxy) is 1. The lowest BCUT2D eigenvalue weighted by molar-refractivity contribution is -0.159. The van der Waals surface area contributed by atoms with Crippen LogP contribution >= 0.6 is 0 Å². The Morgan fingerprint density at radius 3 is 2.23 bits per heavy atom. The van der Waals surface area contributed by atoms with Crippen molar-refractivity contribution >= 4 is 23.9 Å². The summed E-state index contributed by atoms with van der Waals surface area (Å²) in [6.45, 7) is -0.319. The van der Waals surface area contributed by atoms with Crippen molar-refractivity contribution in [2.75, 3.05) is 26.7 Å². The average molecular weight is 478 g/mol. The van der Waals surface area contributed by atoms with Gasteiger partial charge in [-0.2, -0.15) is 0 Å². The Morgan fingerprint density at radius 1 is 1.06 bits per heavy atom. The molecule has 5 rings (SSSR count). The normalized spacial score (nSPS) is 20.1. The standard InChI is InChI=1S/C26H27N3O6/c1-28-12-21(25(32)33)29(13-22(28)30)24(31)23(15-10-11-15)27-26(34)35-14-20-18-8-4-2-6-16(18)17-7-3-5-9-19(17)20/h2-9,15,20-21,23H,10-14H2,1H3,(H,27,34)(H,32,33). The zero-order valence-electron chi connectivity index (χ0n) is 19.3. The van der Waals surface area contributed by atoms with E-state index in [2.05, 4.69) is 5.32 Å². The Balaban J connectivity index is 1.28. The summed E-state index contributed by atoms with van der Waals surface area (Å²) in [6.07, 6.45) is 0.739. The molecular formula is C26H27N3O6. The molecule has 2 aromatic carbocycles. The fraction of sp³-hybridized carbons (Fsp3) is 0.385. The molecule has 1 saturated heterocycles. The molecule has 2 fully saturated rings. The highest BCUT2D eigenvalue weighted by Crippen LogP contribution is 2.44. The van der Waals surface area contributed by atoms with Crippen LogP contribution in [0.15, 0.2) is 48.5 Å². The molecule has 35 heavy (non-hydrogen) atoms. The summed E-state index contributed by atoms with van der Waals surface area (Å²) < 4.78 is 5.59. The minimum absolute atomic E-state index is 0.0950. The van der Waals surface area contributed by atoms with E-state index in [0.29, 0.717) is 0 Å². The number of amides is 3. The van der Waals surface area contributed by atoms with Crippen molar-refractivity contribution < 1.29 is 29.0 Å². The number of nitrogens with one attached hydrogen (secondary N) is 1. The van der Waals surface area contributed by atoms with Gasteiger partial charge in [0.05, 0.1) is 6.54 Å².